The van der Waals surface area contributed by atoms with E-state index in [2.05, 4.69) is 18.7 Å². The molecule has 104 valence electrons. The minimum absolute atomic E-state index is 0.0401. The molecular formula is C17H18ClNO. The van der Waals surface area contributed by atoms with E-state index >= 15 is 0 Å². The number of rotatable bonds is 5. The van der Waals surface area contributed by atoms with Crippen LogP contribution in [-0.2, 0) is 0 Å². The van der Waals surface area contributed by atoms with Crippen LogP contribution in [0.3, 0.4) is 0 Å². The van der Waals surface area contributed by atoms with E-state index in [0.29, 0.717) is 16.1 Å². The van der Waals surface area contributed by atoms with Gasteiger partial charge in [-0.2, -0.15) is 0 Å². The second-order valence-corrected chi connectivity index (χ2v) is 4.94. The van der Waals surface area contributed by atoms with Crippen molar-refractivity contribution >= 4 is 23.1 Å². The molecule has 0 saturated carbocycles. The maximum atomic E-state index is 12.4. The Morgan fingerprint density at radius 1 is 1.00 bits per heavy atom. The first-order chi connectivity index (χ1) is 9.67. The Balaban J connectivity index is 2.26. The van der Waals surface area contributed by atoms with Gasteiger partial charge >= 0.3 is 0 Å². The van der Waals surface area contributed by atoms with Gasteiger partial charge in [-0.3, -0.25) is 4.79 Å². The third-order valence-corrected chi connectivity index (χ3v) is 3.71. The van der Waals surface area contributed by atoms with E-state index < -0.39 is 0 Å². The third kappa shape index (κ3) is 3.02. The highest BCUT2D eigenvalue weighted by molar-refractivity contribution is 6.34. The van der Waals surface area contributed by atoms with Crippen molar-refractivity contribution in [3.8, 4) is 0 Å². The van der Waals surface area contributed by atoms with Gasteiger partial charge in [-0.1, -0.05) is 23.7 Å². The van der Waals surface area contributed by atoms with Crippen molar-refractivity contribution in [2.75, 3.05) is 18.0 Å². The van der Waals surface area contributed by atoms with Crippen LogP contribution in [0.2, 0.25) is 5.02 Å². The van der Waals surface area contributed by atoms with Crippen LogP contribution in [0.1, 0.15) is 29.8 Å². The van der Waals surface area contributed by atoms with Gasteiger partial charge in [0.2, 0.25) is 0 Å². The fourth-order valence-electron chi connectivity index (χ4n) is 2.21. The molecule has 0 radical (unpaired) electrons. The number of carbonyl (C=O) groups is 1. The lowest BCUT2D eigenvalue weighted by atomic mass is 10.0. The summed E-state index contributed by atoms with van der Waals surface area (Å²) < 4.78 is 0. The van der Waals surface area contributed by atoms with Crippen molar-refractivity contribution in [3.63, 3.8) is 0 Å². The van der Waals surface area contributed by atoms with Crippen molar-refractivity contribution in [1.29, 1.82) is 0 Å². The van der Waals surface area contributed by atoms with E-state index in [4.69, 9.17) is 11.6 Å². The second kappa shape index (κ2) is 6.58. The Morgan fingerprint density at radius 2 is 1.60 bits per heavy atom. The molecule has 3 heteroatoms. The van der Waals surface area contributed by atoms with Gasteiger partial charge in [0.15, 0.2) is 5.78 Å². The van der Waals surface area contributed by atoms with Crippen molar-refractivity contribution in [3.05, 3.63) is 64.7 Å². The fourth-order valence-corrected chi connectivity index (χ4v) is 2.43. The number of halogens is 1. The van der Waals surface area contributed by atoms with E-state index in [1.54, 1.807) is 12.1 Å². The molecule has 0 amide bonds. The molecule has 0 aliphatic carbocycles. The molecule has 20 heavy (non-hydrogen) atoms. The van der Waals surface area contributed by atoms with Crippen molar-refractivity contribution in [1.82, 2.24) is 0 Å². The Kier molecular flexibility index (Phi) is 4.80. The first-order valence-electron chi connectivity index (χ1n) is 6.81. The van der Waals surface area contributed by atoms with Crippen LogP contribution >= 0.6 is 11.6 Å². The zero-order chi connectivity index (χ0) is 14.5. The first kappa shape index (κ1) is 14.6. The summed E-state index contributed by atoms with van der Waals surface area (Å²) in [5.74, 6) is -0.0401. The lowest BCUT2D eigenvalue weighted by Crippen LogP contribution is -2.21. The summed E-state index contributed by atoms with van der Waals surface area (Å²) in [5.41, 5.74) is 2.34. The smallest absolute Gasteiger partial charge is 0.194 e. The number of benzene rings is 2. The summed E-state index contributed by atoms with van der Waals surface area (Å²) in [4.78, 5) is 14.6. The number of carbonyl (C=O) groups excluding carboxylic acids is 1. The summed E-state index contributed by atoms with van der Waals surface area (Å²) in [6, 6.07) is 14.8. The van der Waals surface area contributed by atoms with Gasteiger partial charge in [0.1, 0.15) is 0 Å². The average molecular weight is 288 g/mol. The molecule has 0 aliphatic rings. The van der Waals surface area contributed by atoms with Gasteiger partial charge in [-0.15, -0.1) is 0 Å². The zero-order valence-electron chi connectivity index (χ0n) is 11.8. The van der Waals surface area contributed by atoms with E-state index in [9.17, 15) is 4.79 Å². The van der Waals surface area contributed by atoms with E-state index in [1.807, 2.05) is 36.4 Å². The normalized spacial score (nSPS) is 10.3. The first-order valence-corrected chi connectivity index (χ1v) is 7.19. The summed E-state index contributed by atoms with van der Waals surface area (Å²) >= 11 is 6.07. The topological polar surface area (TPSA) is 20.3 Å². The number of anilines is 1. The molecule has 0 heterocycles. The van der Waals surface area contributed by atoms with Gasteiger partial charge in [0.25, 0.3) is 0 Å². The molecule has 2 rings (SSSR count). The van der Waals surface area contributed by atoms with Crippen LogP contribution < -0.4 is 4.90 Å². The molecule has 0 N–H and O–H groups in total. The lowest BCUT2D eigenvalue weighted by molar-refractivity contribution is 0.103. The third-order valence-electron chi connectivity index (χ3n) is 3.38. The Labute approximate surface area is 125 Å². The van der Waals surface area contributed by atoms with Gasteiger partial charge in [0.05, 0.1) is 5.02 Å². The molecule has 0 aliphatic heterocycles. The molecule has 0 fully saturated rings. The fraction of sp³-hybridized carbons (Fsp3) is 0.235. The Bertz CT molecular complexity index is 588. The van der Waals surface area contributed by atoms with Crippen LogP contribution in [0.15, 0.2) is 48.5 Å². The van der Waals surface area contributed by atoms with Crippen LogP contribution in [-0.4, -0.2) is 18.9 Å². The number of nitrogens with zero attached hydrogens (tertiary/aromatic N) is 1. The molecule has 0 aromatic heterocycles. The second-order valence-electron chi connectivity index (χ2n) is 4.53. The van der Waals surface area contributed by atoms with E-state index in [0.717, 1.165) is 18.8 Å². The lowest BCUT2D eigenvalue weighted by Gasteiger charge is -2.21. The molecule has 0 atom stereocenters. The summed E-state index contributed by atoms with van der Waals surface area (Å²) in [6.07, 6.45) is 0. The van der Waals surface area contributed by atoms with Gasteiger partial charge in [-0.25, -0.2) is 0 Å². The van der Waals surface area contributed by atoms with Crippen LogP contribution in [0.4, 0.5) is 5.69 Å². The number of hydrogen-bond acceptors (Lipinski definition) is 2. The maximum Gasteiger partial charge on any atom is 0.194 e. The van der Waals surface area contributed by atoms with Gasteiger partial charge in [-0.05, 0) is 50.2 Å². The average Bonchev–Trinajstić information content (AvgIpc) is 2.49. The number of ketones is 1. The predicted octanol–water partition coefficient (Wildman–Crippen LogP) is 4.42. The molecule has 2 aromatic carbocycles. The largest absolute Gasteiger partial charge is 0.372 e. The van der Waals surface area contributed by atoms with E-state index in [-0.39, 0.29) is 5.78 Å². The molecule has 2 aromatic rings. The monoisotopic (exact) mass is 287 g/mol. The molecule has 0 bridgehead atoms. The minimum atomic E-state index is -0.0401. The summed E-state index contributed by atoms with van der Waals surface area (Å²) in [7, 11) is 0. The van der Waals surface area contributed by atoms with Gasteiger partial charge < -0.3 is 4.90 Å². The Morgan fingerprint density at radius 3 is 2.15 bits per heavy atom. The van der Waals surface area contributed by atoms with Crippen molar-refractivity contribution < 1.29 is 4.79 Å². The summed E-state index contributed by atoms with van der Waals surface area (Å²) in [6.45, 7) is 6.14. The van der Waals surface area contributed by atoms with Crippen LogP contribution in [0.5, 0.6) is 0 Å². The quantitative estimate of drug-likeness (QED) is 0.759. The van der Waals surface area contributed by atoms with Crippen molar-refractivity contribution in [2.45, 2.75) is 13.8 Å². The zero-order valence-corrected chi connectivity index (χ0v) is 12.5. The van der Waals surface area contributed by atoms with Gasteiger partial charge in [0, 0.05) is 29.9 Å². The molecular weight excluding hydrogens is 270 g/mol. The van der Waals surface area contributed by atoms with Crippen LogP contribution in [0.25, 0.3) is 0 Å². The molecule has 0 spiro atoms. The highest BCUT2D eigenvalue weighted by Gasteiger charge is 2.12. The summed E-state index contributed by atoms with van der Waals surface area (Å²) in [5, 5.41) is 0.491. The van der Waals surface area contributed by atoms with Crippen LogP contribution in [0, 0.1) is 0 Å². The van der Waals surface area contributed by atoms with E-state index in [1.165, 1.54) is 0 Å². The minimum Gasteiger partial charge on any atom is -0.372 e. The Hall–Kier alpha value is -1.80. The highest BCUT2D eigenvalue weighted by Crippen LogP contribution is 2.21. The van der Waals surface area contributed by atoms with Crippen molar-refractivity contribution in [2.24, 2.45) is 0 Å². The predicted molar refractivity (Wildman–Crippen MR) is 84.9 cm³/mol. The standard InChI is InChI=1S/C17H18ClNO/c1-3-19(4-2)14-11-9-13(10-12-14)17(20)15-7-5-6-8-16(15)18/h5-12H,3-4H2,1-2H3. The molecule has 0 saturated heterocycles. The maximum absolute atomic E-state index is 12.4. The SMILES string of the molecule is CCN(CC)c1ccc(C(=O)c2ccccc2Cl)cc1. The molecule has 2 nitrogen and oxygen atoms in total. The molecule has 0 unspecified atom stereocenters. The number of hydrogen-bond donors (Lipinski definition) is 0. The highest BCUT2D eigenvalue weighted by atomic mass is 35.5.